The van der Waals surface area contributed by atoms with E-state index < -0.39 is 0 Å². The molecule has 0 unspecified atom stereocenters. The van der Waals surface area contributed by atoms with Crippen molar-refractivity contribution < 1.29 is 0 Å². The van der Waals surface area contributed by atoms with Crippen LogP contribution in [0.2, 0.25) is 0 Å². The van der Waals surface area contributed by atoms with E-state index in [1.165, 1.54) is 16.8 Å². The summed E-state index contributed by atoms with van der Waals surface area (Å²) in [5, 5.41) is 6.88. The highest BCUT2D eigenvalue weighted by atomic mass is 15.1. The molecule has 2 N–H and O–H groups in total. The monoisotopic (exact) mass is 190 g/mol. The molecule has 1 heterocycles. The van der Waals surface area contributed by atoms with Crippen molar-refractivity contribution in [2.24, 2.45) is 0 Å². The summed E-state index contributed by atoms with van der Waals surface area (Å²) < 4.78 is 0. The first-order valence-electron chi connectivity index (χ1n) is 5.37. The van der Waals surface area contributed by atoms with Crippen LogP contribution in [-0.4, -0.2) is 19.1 Å². The van der Waals surface area contributed by atoms with E-state index in [9.17, 15) is 0 Å². The van der Waals surface area contributed by atoms with Crippen LogP contribution in [-0.2, 0) is 6.42 Å². The van der Waals surface area contributed by atoms with Gasteiger partial charge in [-0.05, 0) is 24.5 Å². The molecule has 0 bridgehead atoms. The lowest BCUT2D eigenvalue weighted by Crippen LogP contribution is -2.51. The molecule has 1 aliphatic heterocycles. The molecule has 0 amide bonds. The summed E-state index contributed by atoms with van der Waals surface area (Å²) >= 11 is 0. The van der Waals surface area contributed by atoms with Crippen LogP contribution in [0, 0.1) is 6.92 Å². The Morgan fingerprint density at radius 1 is 1.43 bits per heavy atom. The van der Waals surface area contributed by atoms with Gasteiger partial charge in [0.25, 0.3) is 0 Å². The Bertz CT molecular complexity index is 316. The number of aryl methyl sites for hydroxylation is 2. The van der Waals surface area contributed by atoms with Gasteiger partial charge in [0, 0.05) is 18.8 Å². The summed E-state index contributed by atoms with van der Waals surface area (Å²) in [6.07, 6.45) is 1.10. The fourth-order valence-electron chi connectivity index (χ4n) is 1.82. The van der Waals surface area contributed by atoms with Crippen LogP contribution in [0.25, 0.3) is 0 Å². The Labute approximate surface area is 85.7 Å². The molecule has 2 nitrogen and oxygen atoms in total. The molecule has 0 aliphatic carbocycles. The van der Waals surface area contributed by atoms with E-state index in [0.29, 0.717) is 6.04 Å². The van der Waals surface area contributed by atoms with Crippen molar-refractivity contribution in [3.8, 4) is 0 Å². The lowest BCUT2D eigenvalue weighted by Gasteiger charge is -2.30. The zero-order chi connectivity index (χ0) is 9.97. The van der Waals surface area contributed by atoms with Gasteiger partial charge in [0.1, 0.15) is 0 Å². The molecule has 1 aromatic carbocycles. The molecule has 1 aromatic rings. The van der Waals surface area contributed by atoms with E-state index in [1.807, 2.05) is 0 Å². The molecule has 2 rings (SSSR count). The molecule has 1 saturated heterocycles. The minimum Gasteiger partial charge on any atom is -0.379 e. The maximum absolute atomic E-state index is 3.60. The van der Waals surface area contributed by atoms with E-state index in [4.69, 9.17) is 0 Å². The zero-order valence-corrected chi connectivity index (χ0v) is 8.93. The van der Waals surface area contributed by atoms with Gasteiger partial charge in [-0.15, -0.1) is 0 Å². The van der Waals surface area contributed by atoms with Crippen molar-refractivity contribution in [1.82, 2.24) is 5.32 Å². The molecule has 0 radical (unpaired) electrons. The highest BCUT2D eigenvalue weighted by Crippen LogP contribution is 2.22. The van der Waals surface area contributed by atoms with Crippen LogP contribution in [0.5, 0.6) is 0 Å². The average molecular weight is 190 g/mol. The first kappa shape index (κ1) is 9.53. The molecule has 0 saturated carbocycles. The summed E-state index contributed by atoms with van der Waals surface area (Å²) in [6, 6.07) is 7.15. The number of rotatable bonds is 3. The van der Waals surface area contributed by atoms with Crippen LogP contribution in [0.3, 0.4) is 0 Å². The number of hydrogen-bond donors (Lipinski definition) is 2. The first-order valence-corrected chi connectivity index (χ1v) is 5.37. The lowest BCUT2D eigenvalue weighted by atomic mass is 10.0. The van der Waals surface area contributed by atoms with Gasteiger partial charge < -0.3 is 10.6 Å². The highest BCUT2D eigenvalue weighted by molar-refractivity contribution is 5.58. The molecule has 14 heavy (non-hydrogen) atoms. The predicted molar refractivity (Wildman–Crippen MR) is 60.8 cm³/mol. The molecule has 0 atom stereocenters. The second kappa shape index (κ2) is 4.01. The largest absolute Gasteiger partial charge is 0.379 e. The number of anilines is 1. The molecule has 2 heteroatoms. The van der Waals surface area contributed by atoms with E-state index >= 15 is 0 Å². The topological polar surface area (TPSA) is 24.1 Å². The molecular weight excluding hydrogens is 172 g/mol. The predicted octanol–water partition coefficient (Wildman–Crippen LogP) is 1.94. The van der Waals surface area contributed by atoms with E-state index in [1.54, 1.807) is 0 Å². The third-order valence-electron chi connectivity index (χ3n) is 2.87. The SMILES string of the molecule is CCc1cccc(C)c1NC1CNC1. The molecule has 76 valence electrons. The smallest absolute Gasteiger partial charge is 0.0510 e. The third kappa shape index (κ3) is 1.75. The van der Waals surface area contributed by atoms with Crippen LogP contribution < -0.4 is 10.6 Å². The summed E-state index contributed by atoms with van der Waals surface area (Å²) in [7, 11) is 0. The summed E-state index contributed by atoms with van der Waals surface area (Å²) in [5.74, 6) is 0. The Morgan fingerprint density at radius 3 is 2.79 bits per heavy atom. The second-order valence-electron chi connectivity index (χ2n) is 3.96. The van der Waals surface area contributed by atoms with Crippen molar-refractivity contribution in [1.29, 1.82) is 0 Å². The minimum atomic E-state index is 0.626. The van der Waals surface area contributed by atoms with Crippen molar-refractivity contribution >= 4 is 5.69 Å². The number of para-hydroxylation sites is 1. The Morgan fingerprint density at radius 2 is 2.21 bits per heavy atom. The standard InChI is InChI=1S/C12H18N2/c1-3-10-6-4-5-9(2)12(10)14-11-7-13-8-11/h4-6,11,13-14H,3,7-8H2,1-2H3. The van der Waals surface area contributed by atoms with Gasteiger partial charge in [0.15, 0.2) is 0 Å². The summed E-state index contributed by atoms with van der Waals surface area (Å²) in [6.45, 7) is 6.57. The van der Waals surface area contributed by atoms with Gasteiger partial charge in [0.2, 0.25) is 0 Å². The van der Waals surface area contributed by atoms with Crippen LogP contribution in [0.15, 0.2) is 18.2 Å². The second-order valence-corrected chi connectivity index (χ2v) is 3.96. The van der Waals surface area contributed by atoms with Crippen molar-refractivity contribution in [3.05, 3.63) is 29.3 Å². The van der Waals surface area contributed by atoms with E-state index in [0.717, 1.165) is 19.5 Å². The maximum atomic E-state index is 3.60. The van der Waals surface area contributed by atoms with Gasteiger partial charge >= 0.3 is 0 Å². The summed E-state index contributed by atoms with van der Waals surface area (Å²) in [5.41, 5.74) is 4.13. The van der Waals surface area contributed by atoms with Gasteiger partial charge in [-0.1, -0.05) is 25.1 Å². The zero-order valence-electron chi connectivity index (χ0n) is 8.93. The van der Waals surface area contributed by atoms with Crippen LogP contribution >= 0.6 is 0 Å². The van der Waals surface area contributed by atoms with E-state index in [2.05, 4.69) is 42.7 Å². The molecule has 1 aliphatic rings. The van der Waals surface area contributed by atoms with Crippen molar-refractivity contribution in [2.75, 3.05) is 18.4 Å². The number of hydrogen-bond acceptors (Lipinski definition) is 2. The van der Waals surface area contributed by atoms with Gasteiger partial charge in [-0.2, -0.15) is 0 Å². The molecule has 1 fully saturated rings. The lowest BCUT2D eigenvalue weighted by molar-refractivity contribution is 0.471. The quantitative estimate of drug-likeness (QED) is 0.761. The number of benzene rings is 1. The Hall–Kier alpha value is -1.02. The Balaban J connectivity index is 2.19. The van der Waals surface area contributed by atoms with Gasteiger partial charge in [-0.3, -0.25) is 0 Å². The third-order valence-corrected chi connectivity index (χ3v) is 2.87. The molecular formula is C12H18N2. The average Bonchev–Trinajstić information content (AvgIpc) is 2.12. The van der Waals surface area contributed by atoms with Gasteiger partial charge in [-0.25, -0.2) is 0 Å². The highest BCUT2D eigenvalue weighted by Gasteiger charge is 2.17. The maximum Gasteiger partial charge on any atom is 0.0510 e. The Kier molecular flexibility index (Phi) is 2.73. The van der Waals surface area contributed by atoms with Crippen LogP contribution in [0.4, 0.5) is 5.69 Å². The molecule has 0 aromatic heterocycles. The van der Waals surface area contributed by atoms with Crippen molar-refractivity contribution in [3.63, 3.8) is 0 Å². The van der Waals surface area contributed by atoms with Crippen LogP contribution in [0.1, 0.15) is 18.1 Å². The van der Waals surface area contributed by atoms with Gasteiger partial charge in [0.05, 0.1) is 6.04 Å². The molecule has 0 spiro atoms. The number of nitrogens with one attached hydrogen (secondary N) is 2. The van der Waals surface area contributed by atoms with Crippen molar-refractivity contribution in [2.45, 2.75) is 26.3 Å². The van der Waals surface area contributed by atoms with E-state index in [-0.39, 0.29) is 0 Å². The minimum absolute atomic E-state index is 0.626. The normalized spacial score (nSPS) is 16.4. The fraction of sp³-hybridized carbons (Fsp3) is 0.500. The fourth-order valence-corrected chi connectivity index (χ4v) is 1.82. The summed E-state index contributed by atoms with van der Waals surface area (Å²) in [4.78, 5) is 0. The first-order chi connectivity index (χ1) is 6.81.